The summed E-state index contributed by atoms with van der Waals surface area (Å²) in [4.78, 5) is 70.2. The largest absolute Gasteiger partial charge is 0.482 e. The lowest BCUT2D eigenvalue weighted by atomic mass is 9.53. The summed E-state index contributed by atoms with van der Waals surface area (Å²) >= 11 is 0. The number of esters is 5. The Balaban J connectivity index is 1.46. The number of benzene rings is 1. The maximum atomic E-state index is 13.8. The van der Waals surface area contributed by atoms with E-state index >= 15 is 0 Å². The molecular weight excluding hydrogens is 750 g/mol. The molecule has 2 aliphatic carbocycles. The smallest absolute Gasteiger partial charge is 0.339 e. The fourth-order valence-corrected chi connectivity index (χ4v) is 8.33. The number of piperidine rings is 1. The second-order valence-corrected chi connectivity index (χ2v) is 20.5. The molecule has 0 saturated carbocycles. The first kappa shape index (κ1) is 43.6. The predicted molar refractivity (Wildman–Crippen MR) is 209 cm³/mol. The highest BCUT2D eigenvalue weighted by atomic mass is 16.7. The molecule has 0 unspecified atom stereocenters. The minimum Gasteiger partial charge on any atom is -0.482 e. The summed E-state index contributed by atoms with van der Waals surface area (Å²) in [5, 5.41) is 0. The van der Waals surface area contributed by atoms with Gasteiger partial charge in [-0.3, -0.25) is 19.2 Å². The van der Waals surface area contributed by atoms with Gasteiger partial charge in [0.1, 0.15) is 12.2 Å². The van der Waals surface area contributed by atoms with E-state index in [2.05, 4.69) is 18.0 Å². The summed E-state index contributed by atoms with van der Waals surface area (Å²) in [6.07, 6.45) is -4.08. The van der Waals surface area contributed by atoms with Crippen molar-refractivity contribution in [3.8, 4) is 11.5 Å². The van der Waals surface area contributed by atoms with Gasteiger partial charge < -0.3 is 42.8 Å². The summed E-state index contributed by atoms with van der Waals surface area (Å²) in [5.41, 5.74) is -2.48. The number of hydrogen-bond acceptors (Lipinski definition) is 14. The van der Waals surface area contributed by atoms with Crippen LogP contribution in [-0.4, -0.2) is 104 Å². The number of hydrogen-bond donors (Lipinski definition) is 0. The molecule has 2 fully saturated rings. The van der Waals surface area contributed by atoms with Crippen LogP contribution in [-0.2, 0) is 64.2 Å². The van der Waals surface area contributed by atoms with Crippen LogP contribution >= 0.6 is 0 Å². The molecule has 1 aromatic carbocycles. The molecule has 3 heterocycles. The van der Waals surface area contributed by atoms with Gasteiger partial charge in [-0.2, -0.15) is 0 Å². The van der Waals surface area contributed by atoms with Gasteiger partial charge in [-0.05, 0) is 121 Å². The van der Waals surface area contributed by atoms with Crippen molar-refractivity contribution in [3.05, 3.63) is 35.4 Å². The fourth-order valence-electron chi connectivity index (χ4n) is 8.33. The summed E-state index contributed by atoms with van der Waals surface area (Å²) in [6.45, 7) is 20.9. The predicted octanol–water partition coefficient (Wildman–Crippen LogP) is 5.24. The highest BCUT2D eigenvalue weighted by Gasteiger charge is 2.66. The third kappa shape index (κ3) is 7.76. The molecule has 3 aliphatic heterocycles. The molecule has 10 atom stereocenters. The number of rotatable bonds is 7. The lowest BCUT2D eigenvalue weighted by Crippen LogP contribution is -2.67. The van der Waals surface area contributed by atoms with Crippen LogP contribution in [0.1, 0.15) is 101 Å². The van der Waals surface area contributed by atoms with Crippen molar-refractivity contribution in [1.29, 1.82) is 0 Å². The zero-order valence-electron chi connectivity index (χ0n) is 36.4. The monoisotopic (exact) mass is 811 g/mol. The van der Waals surface area contributed by atoms with Crippen LogP contribution in [0.15, 0.2) is 24.3 Å². The Labute approximate surface area is 341 Å². The highest BCUT2D eigenvalue weighted by molar-refractivity contribution is 5.81. The fraction of sp³-hybridized carbons (Fsp3) is 0.705. The van der Waals surface area contributed by atoms with Crippen molar-refractivity contribution in [2.45, 2.75) is 150 Å². The zero-order valence-corrected chi connectivity index (χ0v) is 36.4. The first-order valence-corrected chi connectivity index (χ1v) is 20.2. The van der Waals surface area contributed by atoms with Gasteiger partial charge in [-0.15, -0.1) is 0 Å². The van der Waals surface area contributed by atoms with Gasteiger partial charge in [-0.1, -0.05) is 18.2 Å². The lowest BCUT2D eigenvalue weighted by Gasteiger charge is -2.57. The van der Waals surface area contributed by atoms with Crippen LogP contribution in [0.4, 0.5) is 0 Å². The van der Waals surface area contributed by atoms with E-state index in [1.807, 2.05) is 12.1 Å². The Morgan fingerprint density at radius 1 is 0.741 bits per heavy atom. The van der Waals surface area contributed by atoms with E-state index in [0.29, 0.717) is 17.9 Å². The van der Waals surface area contributed by atoms with Crippen molar-refractivity contribution in [2.75, 3.05) is 20.7 Å². The van der Waals surface area contributed by atoms with E-state index < -0.39 is 99.8 Å². The standard InChI is InChI=1S/C44H61NO13/c1-40(2,3)36(47)53-25-17-15-22-21-24-23-16-18-26(33-44(23,19-20-45(24)13)27(22)28(25)54-33)52-35-32(58-39(50)43(10,11)12)30(57-38(49)42(7,8)9)29(31(55-35)34(46)51-14)56-37(48)41(4,5)6/h15-18,23-24,26,29-33,35H,19-21H2,1-14H3/t23-,24+,26-,29-,30-,31-,32+,33-,35-,44-/m0/s1. The molecule has 14 heteroatoms. The number of nitrogens with zero attached hydrogens (tertiary/aromatic N) is 1. The van der Waals surface area contributed by atoms with Crippen LogP contribution in [0.3, 0.4) is 0 Å². The Morgan fingerprint density at radius 3 is 1.84 bits per heavy atom. The van der Waals surface area contributed by atoms with Gasteiger partial charge in [0.25, 0.3) is 0 Å². The molecular formula is C44H61NO13. The van der Waals surface area contributed by atoms with Crippen molar-refractivity contribution >= 4 is 29.8 Å². The molecule has 5 aliphatic rings. The molecule has 0 amide bonds. The number of carbonyl (C=O) groups excluding carboxylic acids is 5. The second-order valence-electron chi connectivity index (χ2n) is 20.5. The number of carbonyl (C=O) groups is 5. The topological polar surface area (TPSA) is 162 Å². The average molecular weight is 812 g/mol. The van der Waals surface area contributed by atoms with E-state index in [0.717, 1.165) is 31.2 Å². The van der Waals surface area contributed by atoms with Crippen molar-refractivity contribution in [2.24, 2.45) is 27.6 Å². The highest BCUT2D eigenvalue weighted by Crippen LogP contribution is 2.63. The van der Waals surface area contributed by atoms with Gasteiger partial charge in [-0.25, -0.2) is 4.79 Å². The number of ether oxygens (including phenoxy) is 8. The molecule has 14 nitrogen and oxygen atoms in total. The third-order valence-corrected chi connectivity index (χ3v) is 11.7. The van der Waals surface area contributed by atoms with E-state index in [1.165, 1.54) is 0 Å². The maximum Gasteiger partial charge on any atom is 0.339 e. The molecule has 6 rings (SSSR count). The Morgan fingerprint density at radius 2 is 1.29 bits per heavy atom. The van der Waals surface area contributed by atoms with Gasteiger partial charge in [0.05, 0.1) is 28.8 Å². The minimum absolute atomic E-state index is 0.00436. The second kappa shape index (κ2) is 14.9. The number of likely N-dealkylation sites (N-methyl/N-ethyl adjacent to an activating group) is 1. The summed E-state index contributed by atoms with van der Waals surface area (Å²) in [5.74, 6) is -2.68. The zero-order chi connectivity index (χ0) is 43.1. The molecule has 1 spiro atoms. The normalized spacial score (nSPS) is 31.7. The van der Waals surface area contributed by atoms with Crippen molar-refractivity contribution in [3.63, 3.8) is 0 Å². The molecule has 0 radical (unpaired) electrons. The van der Waals surface area contributed by atoms with Gasteiger partial charge in [0.2, 0.25) is 6.29 Å². The minimum atomic E-state index is -1.67. The maximum absolute atomic E-state index is 13.8. The van der Waals surface area contributed by atoms with E-state index in [1.54, 1.807) is 89.2 Å². The van der Waals surface area contributed by atoms with Crippen molar-refractivity contribution < 1.29 is 61.9 Å². The molecule has 1 aromatic rings. The Bertz CT molecular complexity index is 1860. The summed E-state index contributed by atoms with van der Waals surface area (Å²) < 4.78 is 49.6. The SMILES string of the molecule is COC(=O)[C@H]1O[C@H](O[C@H]2C=C[C@H]3[C@H]4Cc5ccc(OC(=O)C(C)(C)C)c6c5[C@@]3(CCN4C)[C@H]2O6)[C@H](OC(=O)C(C)(C)C)[C@@H](OC(=O)C(C)(C)C)[C@@H]1OC(=O)C(C)(C)C. The van der Waals surface area contributed by atoms with E-state index in [9.17, 15) is 24.0 Å². The molecule has 0 N–H and O–H groups in total. The van der Waals surface area contributed by atoms with Gasteiger partial charge >= 0.3 is 29.8 Å². The molecule has 58 heavy (non-hydrogen) atoms. The Kier molecular flexibility index (Phi) is 11.2. The number of methoxy groups -OCH3 is 1. The first-order chi connectivity index (χ1) is 26.7. The van der Waals surface area contributed by atoms with Gasteiger partial charge in [0, 0.05) is 22.9 Å². The average Bonchev–Trinajstić information content (AvgIpc) is 3.46. The summed E-state index contributed by atoms with van der Waals surface area (Å²) in [7, 11) is 3.27. The van der Waals surface area contributed by atoms with E-state index in [-0.39, 0.29) is 12.0 Å². The molecule has 0 aromatic heterocycles. The lowest BCUT2D eigenvalue weighted by molar-refractivity contribution is -0.316. The van der Waals surface area contributed by atoms with Crippen LogP contribution in [0.2, 0.25) is 0 Å². The summed E-state index contributed by atoms with van der Waals surface area (Å²) in [6, 6.07) is 3.94. The quantitative estimate of drug-likeness (QED) is 0.152. The molecule has 320 valence electrons. The van der Waals surface area contributed by atoms with E-state index in [4.69, 9.17) is 37.9 Å². The first-order valence-electron chi connectivity index (χ1n) is 20.2. The van der Waals surface area contributed by atoms with Crippen molar-refractivity contribution in [1.82, 2.24) is 4.90 Å². The molecule has 2 bridgehead atoms. The van der Waals surface area contributed by atoms with Crippen LogP contribution in [0.25, 0.3) is 0 Å². The van der Waals surface area contributed by atoms with Crippen LogP contribution in [0.5, 0.6) is 11.5 Å². The van der Waals surface area contributed by atoms with Gasteiger partial charge in [0.15, 0.2) is 35.9 Å². The van der Waals surface area contributed by atoms with Crippen LogP contribution < -0.4 is 9.47 Å². The molecule has 2 saturated heterocycles. The van der Waals surface area contributed by atoms with Crippen LogP contribution in [0, 0.1) is 27.6 Å². The number of likely N-dealkylation sites (tertiary alicyclic amines) is 1. The third-order valence-electron chi connectivity index (χ3n) is 11.7. The Hall–Kier alpha value is -4.01.